The molecule has 0 saturated carbocycles. The highest BCUT2D eigenvalue weighted by Crippen LogP contribution is 2.36. The van der Waals surface area contributed by atoms with Gasteiger partial charge in [-0.15, -0.1) is 0 Å². The van der Waals surface area contributed by atoms with Gasteiger partial charge in [0, 0.05) is 22.7 Å². The topological polar surface area (TPSA) is 12.0 Å². The van der Waals surface area contributed by atoms with E-state index in [2.05, 4.69) is 25.4 Å². The van der Waals surface area contributed by atoms with E-state index < -0.39 is 5.51 Å². The van der Waals surface area contributed by atoms with Crippen molar-refractivity contribution in [2.45, 2.75) is 48.4 Å². The molecule has 0 atom stereocenters. The average Bonchev–Trinajstić information content (AvgIpc) is 2.44. The predicted octanol–water partition coefficient (Wildman–Crippen LogP) is 5.31. The lowest BCUT2D eigenvalue weighted by Crippen LogP contribution is -2.36. The van der Waals surface area contributed by atoms with E-state index in [9.17, 15) is 13.2 Å². The number of rotatable bonds is 8. The molecule has 0 spiro atoms. The first-order valence-corrected chi connectivity index (χ1v) is 8.99. The van der Waals surface area contributed by atoms with Crippen molar-refractivity contribution >= 4 is 23.5 Å². The van der Waals surface area contributed by atoms with Crippen LogP contribution in [0.3, 0.4) is 0 Å². The maximum Gasteiger partial charge on any atom is 0.446 e. The van der Waals surface area contributed by atoms with Crippen LogP contribution in [0, 0.1) is 0 Å². The summed E-state index contributed by atoms with van der Waals surface area (Å²) in [5.41, 5.74) is -3.22. The zero-order valence-electron chi connectivity index (χ0n) is 12.6. The van der Waals surface area contributed by atoms with E-state index in [4.69, 9.17) is 0 Å². The summed E-state index contributed by atoms with van der Waals surface area (Å²) in [7, 11) is 0. The number of thioether (sulfide) groups is 2. The monoisotopic (exact) mass is 337 g/mol. The van der Waals surface area contributed by atoms with Crippen LogP contribution in [0.5, 0.6) is 0 Å². The lowest BCUT2D eigenvalue weighted by atomic mass is 10.0. The van der Waals surface area contributed by atoms with Crippen LogP contribution in [-0.2, 0) is 6.54 Å². The van der Waals surface area contributed by atoms with Crippen molar-refractivity contribution < 1.29 is 13.2 Å². The van der Waals surface area contributed by atoms with Crippen LogP contribution in [0.25, 0.3) is 0 Å². The van der Waals surface area contributed by atoms with Gasteiger partial charge in [0.25, 0.3) is 0 Å². The van der Waals surface area contributed by atoms with Gasteiger partial charge in [-0.1, -0.05) is 26.0 Å². The van der Waals surface area contributed by atoms with Crippen molar-refractivity contribution in [1.29, 1.82) is 0 Å². The standard InChI is InChI=1S/C15H22F3NS2/c1-4-14(5-2,20-3)11-19-10-12-6-8-13(9-7-12)21-15(16,17)18/h6-9,19H,4-5,10-11H2,1-3H3. The summed E-state index contributed by atoms with van der Waals surface area (Å²) >= 11 is 1.80. The third kappa shape index (κ3) is 6.53. The highest BCUT2D eigenvalue weighted by Gasteiger charge is 2.29. The van der Waals surface area contributed by atoms with Crippen LogP contribution in [0.15, 0.2) is 29.2 Å². The van der Waals surface area contributed by atoms with Crippen molar-refractivity contribution in [2.75, 3.05) is 12.8 Å². The summed E-state index contributed by atoms with van der Waals surface area (Å²) in [5, 5.41) is 3.41. The van der Waals surface area contributed by atoms with E-state index in [1.807, 2.05) is 11.8 Å². The SMILES string of the molecule is CCC(CC)(CNCc1ccc(SC(F)(F)F)cc1)SC. The van der Waals surface area contributed by atoms with Gasteiger partial charge in [0.05, 0.1) is 0 Å². The molecule has 0 fully saturated rings. The molecule has 120 valence electrons. The molecule has 0 heterocycles. The van der Waals surface area contributed by atoms with Gasteiger partial charge in [-0.05, 0) is 48.6 Å². The summed E-state index contributed by atoms with van der Waals surface area (Å²) in [4.78, 5) is 0.229. The number of halogens is 3. The minimum absolute atomic E-state index is 0.0753. The van der Waals surface area contributed by atoms with E-state index in [0.29, 0.717) is 6.54 Å². The number of nitrogens with one attached hydrogen (secondary N) is 1. The van der Waals surface area contributed by atoms with Crippen LogP contribution >= 0.6 is 23.5 Å². The molecule has 1 aromatic rings. The smallest absolute Gasteiger partial charge is 0.311 e. The lowest BCUT2D eigenvalue weighted by Gasteiger charge is -2.30. The predicted molar refractivity (Wildman–Crippen MR) is 86.9 cm³/mol. The molecule has 0 saturated heterocycles. The average molecular weight is 337 g/mol. The molecule has 0 unspecified atom stereocenters. The van der Waals surface area contributed by atoms with Gasteiger partial charge in [-0.3, -0.25) is 0 Å². The molecule has 1 rings (SSSR count). The zero-order valence-corrected chi connectivity index (χ0v) is 14.2. The second-order valence-corrected chi connectivity index (χ2v) is 7.30. The van der Waals surface area contributed by atoms with Gasteiger partial charge in [0.15, 0.2) is 0 Å². The molecule has 0 amide bonds. The van der Waals surface area contributed by atoms with Crippen LogP contribution in [0.4, 0.5) is 13.2 Å². The molecule has 21 heavy (non-hydrogen) atoms. The molecule has 0 aliphatic carbocycles. The minimum atomic E-state index is -4.22. The molecule has 0 radical (unpaired) electrons. The molecular formula is C15H22F3NS2. The van der Waals surface area contributed by atoms with Gasteiger partial charge >= 0.3 is 5.51 Å². The molecule has 6 heteroatoms. The van der Waals surface area contributed by atoms with Crippen molar-refractivity contribution in [3.63, 3.8) is 0 Å². The van der Waals surface area contributed by atoms with Crippen molar-refractivity contribution in [2.24, 2.45) is 0 Å². The summed E-state index contributed by atoms with van der Waals surface area (Å²) in [6.45, 7) is 5.95. The van der Waals surface area contributed by atoms with Gasteiger partial charge in [0.1, 0.15) is 0 Å². The molecule has 0 aromatic heterocycles. The Morgan fingerprint density at radius 3 is 2.05 bits per heavy atom. The largest absolute Gasteiger partial charge is 0.446 e. The van der Waals surface area contributed by atoms with Gasteiger partial charge in [-0.25, -0.2) is 0 Å². The maximum atomic E-state index is 12.2. The molecular weight excluding hydrogens is 315 g/mol. The Bertz CT molecular complexity index is 406. The Labute approximate surface area is 133 Å². The number of hydrogen-bond donors (Lipinski definition) is 1. The van der Waals surface area contributed by atoms with Gasteiger partial charge < -0.3 is 5.32 Å². The Hall–Kier alpha value is -0.330. The third-order valence-electron chi connectivity index (χ3n) is 3.65. The normalized spacial score (nSPS) is 12.7. The second kappa shape index (κ2) is 8.34. The molecule has 0 aliphatic heterocycles. The first-order chi connectivity index (χ1) is 9.84. The minimum Gasteiger partial charge on any atom is -0.311 e. The molecule has 0 bridgehead atoms. The Balaban J connectivity index is 2.50. The first-order valence-electron chi connectivity index (χ1n) is 6.94. The number of benzene rings is 1. The van der Waals surface area contributed by atoms with E-state index in [1.165, 1.54) is 12.1 Å². The summed E-state index contributed by atoms with van der Waals surface area (Å²) < 4.78 is 37.0. The quantitative estimate of drug-likeness (QED) is 0.646. The van der Waals surface area contributed by atoms with Gasteiger partial charge in [0.2, 0.25) is 0 Å². The zero-order chi connectivity index (χ0) is 15.9. The highest BCUT2D eigenvalue weighted by molar-refractivity contribution is 8.00. The van der Waals surface area contributed by atoms with E-state index >= 15 is 0 Å². The molecule has 1 nitrogen and oxygen atoms in total. The molecule has 0 aliphatic rings. The summed E-state index contributed by atoms with van der Waals surface area (Å²) in [6, 6.07) is 6.55. The lowest BCUT2D eigenvalue weighted by molar-refractivity contribution is -0.0328. The van der Waals surface area contributed by atoms with Crippen LogP contribution in [-0.4, -0.2) is 23.1 Å². The van der Waals surface area contributed by atoms with Crippen molar-refractivity contribution in [3.8, 4) is 0 Å². The fourth-order valence-corrected chi connectivity index (χ4v) is 3.47. The van der Waals surface area contributed by atoms with Crippen molar-refractivity contribution in [1.82, 2.24) is 5.32 Å². The number of hydrogen-bond acceptors (Lipinski definition) is 3. The van der Waals surface area contributed by atoms with Crippen molar-refractivity contribution in [3.05, 3.63) is 29.8 Å². The Morgan fingerprint density at radius 2 is 1.62 bits per heavy atom. The highest BCUT2D eigenvalue weighted by atomic mass is 32.2. The first kappa shape index (κ1) is 18.7. The van der Waals surface area contributed by atoms with E-state index in [0.717, 1.165) is 24.9 Å². The summed E-state index contributed by atoms with van der Waals surface area (Å²) in [6.07, 6.45) is 4.31. The van der Waals surface area contributed by atoms with Crippen LogP contribution in [0.2, 0.25) is 0 Å². The third-order valence-corrected chi connectivity index (χ3v) is 5.98. The van der Waals surface area contributed by atoms with Gasteiger partial charge in [-0.2, -0.15) is 24.9 Å². The summed E-state index contributed by atoms with van der Waals surface area (Å²) in [5.74, 6) is 0. The molecule has 1 aromatic carbocycles. The van der Waals surface area contributed by atoms with E-state index in [1.54, 1.807) is 12.1 Å². The fourth-order valence-electron chi connectivity index (χ4n) is 2.10. The fraction of sp³-hybridized carbons (Fsp3) is 0.600. The Kier molecular flexibility index (Phi) is 7.44. The van der Waals surface area contributed by atoms with Crippen LogP contribution < -0.4 is 5.32 Å². The molecule has 1 N–H and O–H groups in total. The number of alkyl halides is 3. The second-order valence-electron chi connectivity index (χ2n) is 4.89. The van der Waals surface area contributed by atoms with E-state index in [-0.39, 0.29) is 21.4 Å². The maximum absolute atomic E-state index is 12.2. The Morgan fingerprint density at radius 1 is 1.05 bits per heavy atom. The van der Waals surface area contributed by atoms with Crippen LogP contribution in [0.1, 0.15) is 32.3 Å².